The third kappa shape index (κ3) is 6.18. The molecule has 3 fully saturated rings. The second-order valence-electron chi connectivity index (χ2n) is 11.6. The predicted molar refractivity (Wildman–Crippen MR) is 161 cm³/mol. The number of aliphatic hydroxyl groups is 1. The quantitative estimate of drug-likeness (QED) is 0.329. The molecule has 1 aliphatic carbocycles. The van der Waals surface area contributed by atoms with Crippen molar-refractivity contribution < 1.29 is 22.3 Å². The minimum Gasteiger partial charge on any atom is -0.395 e. The van der Waals surface area contributed by atoms with E-state index in [1.165, 1.54) is 18.9 Å². The highest BCUT2D eigenvalue weighted by atomic mass is 32.2. The Morgan fingerprint density at radius 1 is 1.02 bits per heavy atom. The maximum atomic E-state index is 16.2. The summed E-state index contributed by atoms with van der Waals surface area (Å²) in [5.41, 5.74) is 4.16. The molecule has 1 spiro atoms. The zero-order valence-corrected chi connectivity index (χ0v) is 23.8. The summed E-state index contributed by atoms with van der Waals surface area (Å²) in [4.78, 5) is 8.84. The van der Waals surface area contributed by atoms with Crippen molar-refractivity contribution in [2.24, 2.45) is 5.41 Å². The van der Waals surface area contributed by atoms with Gasteiger partial charge in [0.15, 0.2) is 0 Å². The van der Waals surface area contributed by atoms with E-state index in [0.717, 1.165) is 42.5 Å². The highest BCUT2D eigenvalue weighted by Crippen LogP contribution is 2.54. The summed E-state index contributed by atoms with van der Waals surface area (Å²) < 4.78 is 57.2. The molecular formula is C31H36F2N4O3S. The molecule has 2 aromatic carbocycles. The van der Waals surface area contributed by atoms with Gasteiger partial charge in [0.25, 0.3) is 0 Å². The van der Waals surface area contributed by atoms with Crippen LogP contribution >= 0.6 is 0 Å². The SMILES string of the molecule is O=S(=O)(CCO)Nc1ccc(/C(F)=C/c2cc(N3CCC(F)CC3)c3ncccc3c2)c(N2CCC3(CC2)CC3)c1. The van der Waals surface area contributed by atoms with Gasteiger partial charge in [-0.25, -0.2) is 17.2 Å². The van der Waals surface area contributed by atoms with Crippen LogP contribution in [-0.2, 0) is 10.0 Å². The van der Waals surface area contributed by atoms with Crippen LogP contribution in [-0.4, -0.2) is 63.2 Å². The lowest BCUT2D eigenvalue weighted by molar-refractivity contribution is 0.277. The Labute approximate surface area is 239 Å². The molecule has 41 heavy (non-hydrogen) atoms. The monoisotopic (exact) mass is 582 g/mol. The Hall–Kier alpha value is -3.24. The van der Waals surface area contributed by atoms with Crippen LogP contribution in [0.25, 0.3) is 22.8 Å². The molecule has 7 nitrogen and oxygen atoms in total. The molecule has 2 N–H and O–H groups in total. The summed E-state index contributed by atoms with van der Waals surface area (Å²) in [6.45, 7) is 2.24. The summed E-state index contributed by atoms with van der Waals surface area (Å²) >= 11 is 0. The molecule has 6 rings (SSSR count). The van der Waals surface area contributed by atoms with Crippen molar-refractivity contribution >= 4 is 49.9 Å². The van der Waals surface area contributed by atoms with Gasteiger partial charge >= 0.3 is 0 Å². The van der Waals surface area contributed by atoms with Crippen LogP contribution in [0.2, 0.25) is 0 Å². The largest absolute Gasteiger partial charge is 0.395 e. The first-order chi connectivity index (χ1) is 19.7. The van der Waals surface area contributed by atoms with Crippen molar-refractivity contribution in [1.29, 1.82) is 0 Å². The number of anilines is 3. The lowest BCUT2D eigenvalue weighted by Gasteiger charge is -2.35. The molecule has 0 amide bonds. The van der Waals surface area contributed by atoms with Crippen molar-refractivity contribution in [1.82, 2.24) is 4.98 Å². The average molecular weight is 583 g/mol. The molecule has 0 unspecified atom stereocenters. The lowest BCUT2D eigenvalue weighted by atomic mass is 9.93. The summed E-state index contributed by atoms with van der Waals surface area (Å²) in [5.74, 6) is -0.833. The molecule has 3 aromatic rings. The average Bonchev–Trinajstić information content (AvgIpc) is 3.71. The summed E-state index contributed by atoms with van der Waals surface area (Å²) in [7, 11) is -3.72. The van der Waals surface area contributed by atoms with Crippen molar-refractivity contribution in [2.45, 2.75) is 44.7 Å². The molecule has 1 aromatic heterocycles. The first kappa shape index (κ1) is 27.9. The van der Waals surface area contributed by atoms with E-state index in [1.54, 1.807) is 24.4 Å². The van der Waals surface area contributed by atoms with Crippen LogP contribution in [0.5, 0.6) is 0 Å². The highest BCUT2D eigenvalue weighted by molar-refractivity contribution is 7.92. The number of aromatic nitrogens is 1. The van der Waals surface area contributed by atoms with Crippen molar-refractivity contribution in [2.75, 3.05) is 53.1 Å². The van der Waals surface area contributed by atoms with Crippen LogP contribution in [0.15, 0.2) is 48.7 Å². The van der Waals surface area contributed by atoms with Gasteiger partial charge in [0.05, 0.1) is 29.3 Å². The zero-order valence-electron chi connectivity index (χ0n) is 23.0. The zero-order chi connectivity index (χ0) is 28.6. The topological polar surface area (TPSA) is 85.8 Å². The maximum Gasteiger partial charge on any atom is 0.234 e. The van der Waals surface area contributed by atoms with Gasteiger partial charge in [-0.15, -0.1) is 0 Å². The van der Waals surface area contributed by atoms with Gasteiger partial charge in [-0.3, -0.25) is 9.71 Å². The predicted octanol–water partition coefficient (Wildman–Crippen LogP) is 5.76. The van der Waals surface area contributed by atoms with Crippen LogP contribution in [0.1, 0.15) is 49.7 Å². The molecular weight excluding hydrogens is 546 g/mol. The molecule has 0 radical (unpaired) electrons. The first-order valence-electron chi connectivity index (χ1n) is 14.4. The number of nitrogens with zero attached hydrogens (tertiary/aromatic N) is 3. The van der Waals surface area contributed by atoms with Gasteiger partial charge < -0.3 is 14.9 Å². The maximum absolute atomic E-state index is 16.2. The fourth-order valence-corrected chi connectivity index (χ4v) is 6.97. The number of pyridine rings is 1. The second kappa shape index (κ2) is 11.2. The Morgan fingerprint density at radius 2 is 1.76 bits per heavy atom. The van der Waals surface area contributed by atoms with Crippen LogP contribution in [0.3, 0.4) is 0 Å². The third-order valence-corrected chi connectivity index (χ3v) is 10.0. The van der Waals surface area contributed by atoms with E-state index in [9.17, 15) is 12.8 Å². The molecule has 2 saturated heterocycles. The van der Waals surface area contributed by atoms with Gasteiger partial charge in [-0.2, -0.15) is 0 Å². The lowest BCUT2D eigenvalue weighted by Crippen LogP contribution is -2.35. The van der Waals surface area contributed by atoms with E-state index >= 15 is 4.39 Å². The van der Waals surface area contributed by atoms with E-state index in [-0.39, 0.29) is 0 Å². The molecule has 0 bridgehead atoms. The number of piperidine rings is 2. The van der Waals surface area contributed by atoms with Gasteiger partial charge in [-0.05, 0) is 92.0 Å². The molecule has 3 heterocycles. The third-order valence-electron chi connectivity index (χ3n) is 8.78. The standard InChI is InChI=1S/C31H36F2N4O3S/c32-24-5-12-36(13-6-24)29-20-22(18-23-2-1-11-34-30(23)29)19-27(33)26-4-3-25(35-41(39,40)17-16-38)21-28(26)37-14-9-31(7-8-31)10-15-37/h1-4,11,18-21,24,35,38H,5-10,12-17H2/b27-19-. The van der Waals surface area contributed by atoms with Gasteiger partial charge in [0.1, 0.15) is 12.0 Å². The highest BCUT2D eigenvalue weighted by Gasteiger charge is 2.44. The van der Waals surface area contributed by atoms with Gasteiger partial charge in [0, 0.05) is 49.0 Å². The molecule has 218 valence electrons. The normalized spacial score (nSPS) is 19.6. The minimum atomic E-state index is -3.72. The Morgan fingerprint density at radius 3 is 2.46 bits per heavy atom. The van der Waals surface area contributed by atoms with Crippen LogP contribution in [0, 0.1) is 5.41 Å². The molecule has 2 aliphatic heterocycles. The van der Waals surface area contributed by atoms with Gasteiger partial charge in [-0.1, -0.05) is 6.07 Å². The minimum absolute atomic E-state index is 0.340. The van der Waals surface area contributed by atoms with Crippen molar-refractivity contribution in [3.8, 4) is 0 Å². The molecule has 3 aliphatic rings. The van der Waals surface area contributed by atoms with E-state index in [0.29, 0.717) is 53.8 Å². The smallest absolute Gasteiger partial charge is 0.234 e. The van der Waals surface area contributed by atoms with E-state index in [2.05, 4.69) is 19.5 Å². The first-order valence-corrected chi connectivity index (χ1v) is 16.1. The van der Waals surface area contributed by atoms with Gasteiger partial charge in [0.2, 0.25) is 10.0 Å². The number of nitrogens with one attached hydrogen (secondary N) is 1. The molecule has 0 atom stereocenters. The Kier molecular flexibility index (Phi) is 7.63. The summed E-state index contributed by atoms with van der Waals surface area (Å²) in [6.07, 6.45) is 7.91. The second-order valence-corrected chi connectivity index (χ2v) is 13.5. The number of hydrogen-bond acceptors (Lipinski definition) is 6. The number of aliphatic hydroxyl groups excluding tert-OH is 1. The number of sulfonamides is 1. The van der Waals surface area contributed by atoms with E-state index < -0.39 is 34.4 Å². The Bertz CT molecular complexity index is 1560. The number of benzene rings is 2. The number of halogens is 2. The van der Waals surface area contributed by atoms with E-state index in [1.807, 2.05) is 24.3 Å². The van der Waals surface area contributed by atoms with Crippen molar-refractivity contribution in [3.63, 3.8) is 0 Å². The fourth-order valence-electron chi connectivity index (χ4n) is 6.14. The number of rotatable bonds is 8. The van der Waals surface area contributed by atoms with E-state index in [4.69, 9.17) is 5.11 Å². The molecule has 10 heteroatoms. The fraction of sp³-hybridized carbons (Fsp3) is 0.452. The van der Waals surface area contributed by atoms with Crippen LogP contribution in [0.4, 0.5) is 25.8 Å². The summed E-state index contributed by atoms with van der Waals surface area (Å²) in [6, 6.07) is 12.5. The Balaban J connectivity index is 1.36. The van der Waals surface area contributed by atoms with Crippen molar-refractivity contribution in [3.05, 3.63) is 59.8 Å². The molecule has 1 saturated carbocycles. The number of fused-ring (bicyclic) bond motifs is 1. The number of alkyl halides is 1. The van der Waals surface area contributed by atoms with Crippen LogP contribution < -0.4 is 14.5 Å². The summed E-state index contributed by atoms with van der Waals surface area (Å²) in [5, 5.41) is 10.0. The number of hydrogen-bond donors (Lipinski definition) is 2.